The van der Waals surface area contributed by atoms with E-state index in [1.54, 1.807) is 12.1 Å². The summed E-state index contributed by atoms with van der Waals surface area (Å²) in [5.74, 6) is -1.70. The van der Waals surface area contributed by atoms with E-state index in [1.165, 1.54) is 0 Å². The average molecular weight is 510 g/mol. The Morgan fingerprint density at radius 2 is 1.18 bits per heavy atom. The van der Waals surface area contributed by atoms with Gasteiger partial charge in [-0.05, 0) is 31.9 Å². The number of hydrogen-bond acceptors (Lipinski definition) is 10. The summed E-state index contributed by atoms with van der Waals surface area (Å²) < 4.78 is 9.49. The molecule has 2 aromatic rings. The molecule has 142 valence electrons. The van der Waals surface area contributed by atoms with Gasteiger partial charge >= 0.3 is 11.9 Å². The summed E-state index contributed by atoms with van der Waals surface area (Å²) in [6, 6.07) is 3.53. The van der Waals surface area contributed by atoms with Crippen molar-refractivity contribution in [2.45, 2.75) is 0 Å². The number of pyridine rings is 2. The summed E-state index contributed by atoms with van der Waals surface area (Å²) in [6.45, 7) is 0. The number of aromatic nitrogens is 2. The smallest absolute Gasteiger partial charge is 0.342 e. The molecule has 0 fully saturated rings. The van der Waals surface area contributed by atoms with Crippen LogP contribution in [0, 0.1) is 22.7 Å². The Morgan fingerprint density at radius 3 is 1.43 bits per heavy atom. The van der Waals surface area contributed by atoms with Gasteiger partial charge in [-0.3, -0.25) is 0 Å². The van der Waals surface area contributed by atoms with Crippen LogP contribution in [0.1, 0.15) is 32.1 Å². The van der Waals surface area contributed by atoms with Crippen LogP contribution in [0.5, 0.6) is 0 Å². The highest BCUT2D eigenvalue weighted by atomic mass is 79.9. The zero-order valence-electron chi connectivity index (χ0n) is 14.3. The zero-order valence-corrected chi connectivity index (χ0v) is 17.5. The van der Waals surface area contributed by atoms with Crippen molar-refractivity contribution in [3.05, 3.63) is 31.5 Å². The Balaban J connectivity index is 2.91. The molecule has 0 amide bonds. The summed E-state index contributed by atoms with van der Waals surface area (Å²) in [5, 5.41) is 18.7. The molecule has 2 rings (SSSR count). The van der Waals surface area contributed by atoms with Crippen molar-refractivity contribution in [3.63, 3.8) is 0 Å². The van der Waals surface area contributed by atoms with Gasteiger partial charge in [0.15, 0.2) is 11.4 Å². The Bertz CT molecular complexity index is 1020. The van der Waals surface area contributed by atoms with Crippen LogP contribution in [0.25, 0.3) is 11.4 Å². The van der Waals surface area contributed by atoms with Crippen molar-refractivity contribution in [2.24, 2.45) is 0 Å². The van der Waals surface area contributed by atoms with Gasteiger partial charge < -0.3 is 20.9 Å². The van der Waals surface area contributed by atoms with Gasteiger partial charge in [-0.1, -0.05) is 0 Å². The monoisotopic (exact) mass is 508 g/mol. The van der Waals surface area contributed by atoms with Gasteiger partial charge in [-0.15, -0.1) is 0 Å². The molecule has 12 heteroatoms. The number of nitrogens with two attached hydrogens (primary N) is 2. The van der Waals surface area contributed by atoms with E-state index in [4.69, 9.17) is 11.5 Å². The number of anilines is 2. The van der Waals surface area contributed by atoms with E-state index in [1.807, 2.05) is 0 Å². The van der Waals surface area contributed by atoms with E-state index in [0.29, 0.717) is 0 Å². The lowest BCUT2D eigenvalue weighted by atomic mass is 10.1. The number of hydrogen-bond donors (Lipinski definition) is 2. The predicted molar refractivity (Wildman–Crippen MR) is 104 cm³/mol. The fourth-order valence-electron chi connectivity index (χ4n) is 2.26. The SMILES string of the molecule is COC(=O)c1c(C#N)nc(-c2nc(C#N)c(C(=O)OC)c(N)c2Br)c(Br)c1N. The van der Waals surface area contributed by atoms with E-state index < -0.39 is 11.9 Å². The van der Waals surface area contributed by atoms with E-state index in [9.17, 15) is 20.1 Å². The number of nitriles is 2. The Labute approximate surface area is 175 Å². The van der Waals surface area contributed by atoms with Crippen LogP contribution in [-0.2, 0) is 9.47 Å². The van der Waals surface area contributed by atoms with E-state index in [-0.39, 0.29) is 54.2 Å². The third-order valence-corrected chi connectivity index (χ3v) is 5.17. The lowest BCUT2D eigenvalue weighted by Crippen LogP contribution is -2.14. The molecule has 0 aliphatic rings. The highest BCUT2D eigenvalue weighted by molar-refractivity contribution is 9.11. The van der Waals surface area contributed by atoms with Gasteiger partial charge in [-0.25, -0.2) is 19.6 Å². The number of rotatable bonds is 3. The summed E-state index contributed by atoms with van der Waals surface area (Å²) in [6.07, 6.45) is 0. The largest absolute Gasteiger partial charge is 0.465 e. The van der Waals surface area contributed by atoms with Crippen molar-refractivity contribution >= 4 is 55.2 Å². The molecule has 0 unspecified atom stereocenters. The van der Waals surface area contributed by atoms with Crippen molar-refractivity contribution in [1.29, 1.82) is 10.5 Å². The molecular weight excluding hydrogens is 500 g/mol. The van der Waals surface area contributed by atoms with E-state index in [0.717, 1.165) is 14.2 Å². The van der Waals surface area contributed by atoms with Gasteiger partial charge in [0.1, 0.15) is 34.7 Å². The van der Waals surface area contributed by atoms with Crippen molar-refractivity contribution in [2.75, 3.05) is 25.7 Å². The number of nitrogens with zero attached hydrogens (tertiary/aromatic N) is 4. The molecule has 2 aromatic heterocycles. The number of ether oxygens (including phenoxy) is 2. The number of nitrogen functional groups attached to an aromatic ring is 2. The zero-order chi connectivity index (χ0) is 21.2. The number of methoxy groups -OCH3 is 2. The second-order valence-corrected chi connectivity index (χ2v) is 6.62. The van der Waals surface area contributed by atoms with Gasteiger partial charge in [0.25, 0.3) is 0 Å². The number of carbonyl (C=O) groups is 2. The Kier molecular flexibility index (Phi) is 6.18. The molecule has 0 aliphatic heterocycles. The maximum absolute atomic E-state index is 11.9. The second-order valence-electron chi connectivity index (χ2n) is 5.03. The third-order valence-electron chi connectivity index (χ3n) is 3.56. The molecule has 28 heavy (non-hydrogen) atoms. The molecule has 0 spiro atoms. The van der Waals surface area contributed by atoms with Crippen molar-refractivity contribution in [3.8, 4) is 23.5 Å². The Hall–Kier alpha value is -3.22. The highest BCUT2D eigenvalue weighted by Gasteiger charge is 2.28. The standard InChI is InChI=1S/C16H10Br2N6O4/c1-27-15(25)7-5(3-19)23-13(9(17)11(7)21)14-10(18)12(22)8(16(26)28-2)6(4-20)24-14/h1-2H3,(H2,21,23)(H2,22,24). The minimum absolute atomic E-state index is 0.0215. The average Bonchev–Trinajstić information content (AvgIpc) is 2.70. The summed E-state index contributed by atoms with van der Waals surface area (Å²) >= 11 is 6.43. The molecule has 0 aliphatic carbocycles. The summed E-state index contributed by atoms with van der Waals surface area (Å²) in [7, 11) is 2.27. The number of carbonyl (C=O) groups excluding carboxylic acids is 2. The van der Waals surface area contributed by atoms with Crippen LogP contribution in [0.2, 0.25) is 0 Å². The first-order chi connectivity index (χ1) is 13.2. The summed E-state index contributed by atoms with van der Waals surface area (Å²) in [5.41, 5.74) is 10.7. The second kappa shape index (κ2) is 8.21. The molecule has 10 nitrogen and oxygen atoms in total. The van der Waals surface area contributed by atoms with Gasteiger partial charge in [0.05, 0.1) is 34.5 Å². The van der Waals surface area contributed by atoms with E-state index in [2.05, 4.69) is 51.3 Å². The quantitative estimate of drug-likeness (QED) is 0.582. The molecule has 0 atom stereocenters. The lowest BCUT2D eigenvalue weighted by molar-refractivity contribution is 0.0592. The van der Waals surface area contributed by atoms with Crippen molar-refractivity contribution < 1.29 is 19.1 Å². The van der Waals surface area contributed by atoms with E-state index >= 15 is 0 Å². The minimum atomic E-state index is -0.848. The third kappa shape index (κ3) is 3.35. The first-order valence-electron chi connectivity index (χ1n) is 7.18. The van der Waals surface area contributed by atoms with Crippen LogP contribution < -0.4 is 11.5 Å². The molecule has 0 saturated carbocycles. The molecule has 4 N–H and O–H groups in total. The highest BCUT2D eigenvalue weighted by Crippen LogP contribution is 2.40. The van der Waals surface area contributed by atoms with Gasteiger partial charge in [0, 0.05) is 0 Å². The molecule has 0 saturated heterocycles. The first-order valence-corrected chi connectivity index (χ1v) is 8.77. The Morgan fingerprint density at radius 1 is 0.857 bits per heavy atom. The fraction of sp³-hybridized carbons (Fsp3) is 0.125. The maximum atomic E-state index is 11.9. The molecule has 0 radical (unpaired) electrons. The minimum Gasteiger partial charge on any atom is -0.465 e. The van der Waals surface area contributed by atoms with Crippen LogP contribution in [0.15, 0.2) is 8.95 Å². The molecule has 0 aromatic carbocycles. The van der Waals surface area contributed by atoms with Crippen LogP contribution >= 0.6 is 31.9 Å². The summed E-state index contributed by atoms with van der Waals surface area (Å²) in [4.78, 5) is 32.1. The maximum Gasteiger partial charge on any atom is 0.342 e. The molecule has 2 heterocycles. The fourth-order valence-corrected chi connectivity index (χ4v) is 3.21. The van der Waals surface area contributed by atoms with Crippen molar-refractivity contribution in [1.82, 2.24) is 9.97 Å². The lowest BCUT2D eigenvalue weighted by Gasteiger charge is -2.15. The predicted octanol–water partition coefficient (Wildman–Crippen LogP) is 2.15. The van der Waals surface area contributed by atoms with Gasteiger partial charge in [0.2, 0.25) is 0 Å². The molecular formula is C16H10Br2N6O4. The first kappa shape index (κ1) is 21.1. The van der Waals surface area contributed by atoms with Crippen LogP contribution in [0.3, 0.4) is 0 Å². The molecule has 0 bridgehead atoms. The number of esters is 2. The number of halogens is 2. The normalized spacial score (nSPS) is 9.93. The van der Waals surface area contributed by atoms with Crippen LogP contribution in [0.4, 0.5) is 11.4 Å². The van der Waals surface area contributed by atoms with Crippen LogP contribution in [-0.4, -0.2) is 36.1 Å². The van der Waals surface area contributed by atoms with Gasteiger partial charge in [-0.2, -0.15) is 10.5 Å². The topological polar surface area (TPSA) is 178 Å².